The number of unbranched alkanes of at least 4 members (excludes halogenated alkanes) is 11. The standard InChI is InChI=1S/C22H43N2O.W/c1-4-5-6-7-8-9-10-11-12-13-14-15-17-23-22(25)21-16-18-24(19-21)20(2)3;/h16,20-21H,4-15,17-19H2,1-3H3,(H,23,25);/q-1;/t21-;/m0./s1. The van der Waals surface area contributed by atoms with Crippen molar-refractivity contribution in [3.05, 3.63) is 6.42 Å². The van der Waals surface area contributed by atoms with Crippen molar-refractivity contribution in [1.82, 2.24) is 10.2 Å². The largest absolute Gasteiger partial charge is 0.358 e. The van der Waals surface area contributed by atoms with Crippen molar-refractivity contribution < 1.29 is 25.9 Å². The summed E-state index contributed by atoms with van der Waals surface area (Å²) in [6.45, 7) is 9.36. The summed E-state index contributed by atoms with van der Waals surface area (Å²) < 4.78 is 0. The van der Waals surface area contributed by atoms with E-state index < -0.39 is 0 Å². The van der Waals surface area contributed by atoms with Crippen LogP contribution in [0.25, 0.3) is 0 Å². The van der Waals surface area contributed by atoms with Gasteiger partial charge in [-0.3, -0.25) is 4.79 Å². The van der Waals surface area contributed by atoms with E-state index in [0.717, 1.165) is 26.1 Å². The van der Waals surface area contributed by atoms with Crippen LogP contribution in [-0.2, 0) is 25.9 Å². The first-order valence-corrected chi connectivity index (χ1v) is 11.0. The van der Waals surface area contributed by atoms with Crippen LogP contribution in [0.3, 0.4) is 0 Å². The van der Waals surface area contributed by atoms with Crippen LogP contribution in [0.1, 0.15) is 97.8 Å². The average Bonchev–Trinajstić information content (AvgIpc) is 3.09. The summed E-state index contributed by atoms with van der Waals surface area (Å²) in [6.07, 6.45) is 18.5. The van der Waals surface area contributed by atoms with Crippen LogP contribution in [0.5, 0.6) is 0 Å². The molecule has 1 saturated heterocycles. The molecule has 0 spiro atoms. The summed E-state index contributed by atoms with van der Waals surface area (Å²) >= 11 is 0. The van der Waals surface area contributed by atoms with Crippen molar-refractivity contribution in [2.45, 2.75) is 104 Å². The van der Waals surface area contributed by atoms with E-state index in [1.807, 2.05) is 0 Å². The Morgan fingerprint density at radius 2 is 1.46 bits per heavy atom. The first kappa shape index (κ1) is 26.1. The van der Waals surface area contributed by atoms with Crippen molar-refractivity contribution in [3.63, 3.8) is 0 Å². The number of amides is 1. The molecule has 1 atom stereocenters. The van der Waals surface area contributed by atoms with Crippen LogP contribution in [0, 0.1) is 12.3 Å². The van der Waals surface area contributed by atoms with Crippen LogP contribution in [-0.4, -0.2) is 36.5 Å². The van der Waals surface area contributed by atoms with Gasteiger partial charge in [0.1, 0.15) is 0 Å². The fourth-order valence-corrected chi connectivity index (χ4v) is 3.58. The van der Waals surface area contributed by atoms with Crippen LogP contribution in [0.2, 0.25) is 0 Å². The number of carbonyl (C=O) groups excluding carboxylic acids is 1. The van der Waals surface area contributed by atoms with Crippen molar-refractivity contribution in [2.75, 3.05) is 19.6 Å². The second-order valence-corrected chi connectivity index (χ2v) is 8.07. The van der Waals surface area contributed by atoms with Gasteiger partial charge >= 0.3 is 0 Å². The second-order valence-electron chi connectivity index (χ2n) is 8.07. The Kier molecular flexibility index (Phi) is 17.3. The van der Waals surface area contributed by atoms with Gasteiger partial charge in [0.05, 0.1) is 0 Å². The van der Waals surface area contributed by atoms with Gasteiger partial charge in [0.15, 0.2) is 5.91 Å². The summed E-state index contributed by atoms with van der Waals surface area (Å²) in [5.41, 5.74) is 0. The summed E-state index contributed by atoms with van der Waals surface area (Å²) in [4.78, 5) is 14.5. The molecular weight excluding hydrogens is 492 g/mol. The van der Waals surface area contributed by atoms with E-state index >= 15 is 0 Å². The van der Waals surface area contributed by atoms with Gasteiger partial charge in [0, 0.05) is 33.7 Å². The van der Waals surface area contributed by atoms with E-state index in [1.165, 1.54) is 70.6 Å². The number of nitrogens with zero attached hydrogens (tertiary/aromatic N) is 1. The van der Waals surface area contributed by atoms with E-state index in [4.69, 9.17) is 0 Å². The number of carbonyl (C=O) groups is 1. The zero-order valence-electron chi connectivity index (χ0n) is 17.6. The molecule has 1 fully saturated rings. The molecule has 0 saturated carbocycles. The summed E-state index contributed by atoms with van der Waals surface area (Å²) in [6, 6.07) is 0.533. The Morgan fingerprint density at radius 3 is 1.92 bits per heavy atom. The van der Waals surface area contributed by atoms with Gasteiger partial charge in [-0.25, -0.2) is 0 Å². The van der Waals surface area contributed by atoms with E-state index in [1.54, 1.807) is 0 Å². The number of rotatable bonds is 15. The molecule has 0 aromatic rings. The molecule has 1 aliphatic heterocycles. The molecule has 0 aromatic heterocycles. The van der Waals surface area contributed by atoms with Crippen LogP contribution in [0.4, 0.5) is 0 Å². The molecule has 4 heteroatoms. The molecule has 0 unspecified atom stereocenters. The second kappa shape index (κ2) is 17.2. The fourth-order valence-electron chi connectivity index (χ4n) is 3.58. The molecule has 0 radical (unpaired) electrons. The fraction of sp³-hybridized carbons (Fsp3) is 0.909. The van der Waals surface area contributed by atoms with Crippen LogP contribution < -0.4 is 5.32 Å². The molecule has 1 aliphatic rings. The van der Waals surface area contributed by atoms with Gasteiger partial charge < -0.3 is 16.6 Å². The smallest absolute Gasteiger partial charge is 0.194 e. The zero-order chi connectivity index (χ0) is 18.3. The first-order valence-electron chi connectivity index (χ1n) is 11.0. The van der Waals surface area contributed by atoms with Gasteiger partial charge in [0.25, 0.3) is 0 Å². The number of hydrogen-bond donors (Lipinski definition) is 1. The number of nitrogens with one attached hydrogen (secondary N) is 1. The molecule has 0 aromatic carbocycles. The van der Waals surface area contributed by atoms with Crippen molar-refractivity contribution >= 4 is 5.91 Å². The molecule has 0 aliphatic carbocycles. The summed E-state index contributed by atoms with van der Waals surface area (Å²) in [7, 11) is 0. The third kappa shape index (κ3) is 12.5. The Morgan fingerprint density at radius 1 is 0.962 bits per heavy atom. The van der Waals surface area contributed by atoms with E-state index in [2.05, 4.69) is 37.4 Å². The maximum absolute atomic E-state index is 12.1. The Labute approximate surface area is 177 Å². The maximum atomic E-state index is 12.1. The van der Waals surface area contributed by atoms with Crippen molar-refractivity contribution in [2.24, 2.45) is 5.92 Å². The van der Waals surface area contributed by atoms with Gasteiger partial charge in [-0.2, -0.15) is 0 Å². The van der Waals surface area contributed by atoms with Crippen LogP contribution in [0.15, 0.2) is 0 Å². The third-order valence-corrected chi connectivity index (χ3v) is 5.45. The number of likely N-dealkylation sites (tertiary alicyclic amines) is 1. The number of hydrogen-bond acceptors (Lipinski definition) is 2. The minimum Gasteiger partial charge on any atom is -0.358 e. The maximum Gasteiger partial charge on any atom is 0.194 e. The molecule has 0 bridgehead atoms. The first-order chi connectivity index (χ1) is 12.1. The van der Waals surface area contributed by atoms with Gasteiger partial charge in [-0.1, -0.05) is 83.5 Å². The predicted octanol–water partition coefficient (Wildman–Crippen LogP) is 5.35. The molecule has 1 N–H and O–H groups in total. The quantitative estimate of drug-likeness (QED) is 0.227. The SMILES string of the molecule is CCCCCCCCCCCCCCNC(=O)[C@H]1[CH-]CN(C(C)C)C1.[W]. The van der Waals surface area contributed by atoms with E-state index in [0.29, 0.717) is 6.04 Å². The van der Waals surface area contributed by atoms with Crippen molar-refractivity contribution in [3.8, 4) is 0 Å². The average molecular weight is 535 g/mol. The molecular formula is C22H43N2OW-. The van der Waals surface area contributed by atoms with Crippen molar-refractivity contribution in [1.29, 1.82) is 0 Å². The van der Waals surface area contributed by atoms with E-state index in [-0.39, 0.29) is 32.9 Å². The summed E-state index contributed by atoms with van der Waals surface area (Å²) in [5, 5.41) is 3.12. The van der Waals surface area contributed by atoms with Gasteiger partial charge in [-0.15, -0.1) is 6.54 Å². The molecule has 1 heterocycles. The van der Waals surface area contributed by atoms with Gasteiger partial charge in [-0.05, 0) is 26.8 Å². The Hall–Kier alpha value is 0.118. The molecule has 3 nitrogen and oxygen atoms in total. The Bertz CT molecular complexity index is 336. The summed E-state index contributed by atoms with van der Waals surface area (Å²) in [5.74, 6) is 0.325. The molecule has 1 amide bonds. The third-order valence-electron chi connectivity index (χ3n) is 5.45. The topological polar surface area (TPSA) is 32.3 Å². The Balaban J connectivity index is 0.00000625. The molecule has 26 heavy (non-hydrogen) atoms. The van der Waals surface area contributed by atoms with Gasteiger partial charge in [0.2, 0.25) is 0 Å². The normalized spacial score (nSPS) is 17.5. The van der Waals surface area contributed by atoms with E-state index in [9.17, 15) is 4.79 Å². The molecule has 154 valence electrons. The monoisotopic (exact) mass is 535 g/mol. The minimum absolute atomic E-state index is 0. The predicted molar refractivity (Wildman–Crippen MR) is 109 cm³/mol. The van der Waals surface area contributed by atoms with Crippen LogP contribution >= 0.6 is 0 Å². The molecule has 1 rings (SSSR count). The minimum atomic E-state index is 0. The zero-order valence-corrected chi connectivity index (χ0v) is 20.5.